The van der Waals surface area contributed by atoms with Gasteiger partial charge in [-0.3, -0.25) is 5.41 Å². The van der Waals surface area contributed by atoms with E-state index in [-0.39, 0.29) is 17.4 Å². The SMILES string of the molecule is COCCN1CC(O)=C(c2nc(-c3ccc(F)cc3)cs2)C1=N. The second-order valence-electron chi connectivity index (χ2n) is 5.13. The summed E-state index contributed by atoms with van der Waals surface area (Å²) in [5.74, 6) is 0.0987. The summed E-state index contributed by atoms with van der Waals surface area (Å²) in [5.41, 5.74) is 1.96. The lowest BCUT2D eigenvalue weighted by Gasteiger charge is -2.17. The Kier molecular flexibility index (Phi) is 4.40. The minimum Gasteiger partial charge on any atom is -0.510 e. The van der Waals surface area contributed by atoms with Crippen LogP contribution in [0.15, 0.2) is 35.4 Å². The molecule has 1 aliphatic heterocycles. The minimum absolute atomic E-state index is 0.145. The lowest BCUT2D eigenvalue weighted by atomic mass is 10.2. The third kappa shape index (κ3) is 3.11. The molecule has 5 nitrogen and oxygen atoms in total. The number of ether oxygens (including phenoxy) is 1. The molecule has 120 valence electrons. The van der Waals surface area contributed by atoms with Crippen molar-refractivity contribution in [3.63, 3.8) is 0 Å². The Morgan fingerprint density at radius 3 is 2.83 bits per heavy atom. The van der Waals surface area contributed by atoms with Crippen molar-refractivity contribution in [2.45, 2.75) is 0 Å². The summed E-state index contributed by atoms with van der Waals surface area (Å²) in [4.78, 5) is 6.23. The van der Waals surface area contributed by atoms with Crippen LogP contribution in [0.3, 0.4) is 0 Å². The van der Waals surface area contributed by atoms with Crippen molar-refractivity contribution in [2.24, 2.45) is 0 Å². The van der Waals surface area contributed by atoms with E-state index in [9.17, 15) is 9.50 Å². The molecular formula is C16H16FN3O2S. The fraction of sp³-hybridized carbons (Fsp3) is 0.250. The number of nitrogens with zero attached hydrogens (tertiary/aromatic N) is 2. The van der Waals surface area contributed by atoms with Gasteiger partial charge in [0, 0.05) is 24.6 Å². The van der Waals surface area contributed by atoms with E-state index in [2.05, 4.69) is 4.98 Å². The van der Waals surface area contributed by atoms with Gasteiger partial charge in [0.2, 0.25) is 0 Å². The second-order valence-corrected chi connectivity index (χ2v) is 5.99. The lowest BCUT2D eigenvalue weighted by molar-refractivity contribution is 0.177. The zero-order valence-electron chi connectivity index (χ0n) is 12.5. The van der Waals surface area contributed by atoms with Gasteiger partial charge in [-0.1, -0.05) is 0 Å². The molecule has 0 atom stereocenters. The summed E-state index contributed by atoms with van der Waals surface area (Å²) in [6.07, 6.45) is 0. The van der Waals surface area contributed by atoms with E-state index in [1.807, 2.05) is 5.38 Å². The van der Waals surface area contributed by atoms with Crippen LogP contribution in [-0.2, 0) is 4.74 Å². The highest BCUT2D eigenvalue weighted by Crippen LogP contribution is 2.32. The molecular weight excluding hydrogens is 317 g/mol. The molecule has 0 unspecified atom stereocenters. The highest BCUT2D eigenvalue weighted by molar-refractivity contribution is 7.11. The first kappa shape index (κ1) is 15.6. The number of aliphatic hydroxyl groups excluding tert-OH is 1. The quantitative estimate of drug-likeness (QED) is 0.882. The molecule has 0 saturated carbocycles. The Hall–Kier alpha value is -2.25. The summed E-state index contributed by atoms with van der Waals surface area (Å²) in [6, 6.07) is 6.09. The van der Waals surface area contributed by atoms with Crippen LogP contribution >= 0.6 is 11.3 Å². The van der Waals surface area contributed by atoms with Gasteiger partial charge in [0.05, 0.1) is 24.4 Å². The first-order valence-corrected chi connectivity index (χ1v) is 7.95. The highest BCUT2D eigenvalue weighted by Gasteiger charge is 2.29. The van der Waals surface area contributed by atoms with E-state index in [0.717, 1.165) is 5.56 Å². The third-order valence-electron chi connectivity index (χ3n) is 3.61. The topological polar surface area (TPSA) is 69.4 Å². The number of rotatable bonds is 5. The van der Waals surface area contributed by atoms with Crippen molar-refractivity contribution in [1.29, 1.82) is 5.41 Å². The van der Waals surface area contributed by atoms with E-state index in [0.29, 0.717) is 36.0 Å². The van der Waals surface area contributed by atoms with Crippen LogP contribution in [0.1, 0.15) is 5.01 Å². The molecule has 3 rings (SSSR count). The van der Waals surface area contributed by atoms with Crippen LogP contribution in [0.2, 0.25) is 0 Å². The number of hydrogen-bond donors (Lipinski definition) is 2. The van der Waals surface area contributed by atoms with Crippen LogP contribution in [0.25, 0.3) is 16.8 Å². The zero-order valence-corrected chi connectivity index (χ0v) is 13.4. The molecule has 0 saturated heterocycles. The molecule has 0 fully saturated rings. The first-order chi connectivity index (χ1) is 11.1. The molecule has 0 radical (unpaired) electrons. The second kappa shape index (κ2) is 6.47. The van der Waals surface area contributed by atoms with Gasteiger partial charge in [0.1, 0.15) is 22.4 Å². The summed E-state index contributed by atoms with van der Waals surface area (Å²) in [7, 11) is 1.60. The Bertz CT molecular complexity index is 755. The van der Waals surface area contributed by atoms with Crippen molar-refractivity contribution in [2.75, 3.05) is 26.8 Å². The van der Waals surface area contributed by atoms with Crippen molar-refractivity contribution in [3.05, 3.63) is 46.2 Å². The van der Waals surface area contributed by atoms with Gasteiger partial charge in [-0.2, -0.15) is 0 Å². The van der Waals surface area contributed by atoms with Crippen molar-refractivity contribution >= 4 is 22.7 Å². The normalized spacial score (nSPS) is 14.9. The summed E-state index contributed by atoms with van der Waals surface area (Å²) >= 11 is 1.36. The molecule has 0 bridgehead atoms. The Balaban J connectivity index is 1.84. The number of hydrogen-bond acceptors (Lipinski definition) is 5. The maximum atomic E-state index is 13.0. The van der Waals surface area contributed by atoms with Crippen molar-refractivity contribution in [3.8, 4) is 11.3 Å². The smallest absolute Gasteiger partial charge is 0.135 e. The molecule has 2 aromatic rings. The van der Waals surface area contributed by atoms with Crippen LogP contribution in [0.4, 0.5) is 4.39 Å². The molecule has 1 aliphatic rings. The number of benzene rings is 1. The fourth-order valence-corrected chi connectivity index (χ4v) is 3.29. The van der Waals surface area contributed by atoms with E-state index in [1.165, 1.54) is 23.5 Å². The van der Waals surface area contributed by atoms with Crippen molar-refractivity contribution in [1.82, 2.24) is 9.88 Å². The number of nitrogens with one attached hydrogen (secondary N) is 1. The first-order valence-electron chi connectivity index (χ1n) is 7.07. The van der Waals surface area contributed by atoms with Gasteiger partial charge in [0.15, 0.2) is 0 Å². The van der Waals surface area contributed by atoms with Crippen molar-refractivity contribution < 1.29 is 14.2 Å². The van der Waals surface area contributed by atoms with E-state index in [4.69, 9.17) is 10.1 Å². The number of aromatic nitrogens is 1. The van der Waals surface area contributed by atoms with Crippen LogP contribution < -0.4 is 0 Å². The summed E-state index contributed by atoms with van der Waals surface area (Å²) in [6.45, 7) is 1.32. The summed E-state index contributed by atoms with van der Waals surface area (Å²) < 4.78 is 18.0. The van der Waals surface area contributed by atoms with E-state index >= 15 is 0 Å². The number of halogens is 1. The van der Waals surface area contributed by atoms with E-state index in [1.54, 1.807) is 24.1 Å². The predicted octanol–water partition coefficient (Wildman–Crippen LogP) is 3.16. The standard InChI is InChI=1S/C16H16FN3O2S/c1-22-7-6-20-8-13(21)14(15(20)18)16-19-12(9-23-16)10-2-4-11(17)5-3-10/h2-5,9,18,21H,6-8H2,1H3. The number of amidine groups is 1. The molecule has 1 aromatic carbocycles. The molecule has 2 N–H and O–H groups in total. The largest absolute Gasteiger partial charge is 0.510 e. The van der Waals surface area contributed by atoms with Crippen LogP contribution in [-0.4, -0.2) is 47.6 Å². The molecule has 1 aromatic heterocycles. The lowest BCUT2D eigenvalue weighted by Crippen LogP contribution is -2.29. The number of aliphatic hydroxyl groups is 1. The predicted molar refractivity (Wildman–Crippen MR) is 88.2 cm³/mol. The van der Waals surface area contributed by atoms with Gasteiger partial charge in [-0.15, -0.1) is 11.3 Å². The Morgan fingerprint density at radius 1 is 1.39 bits per heavy atom. The summed E-state index contributed by atoms with van der Waals surface area (Å²) in [5, 5.41) is 20.8. The highest BCUT2D eigenvalue weighted by atomic mass is 32.1. The molecule has 0 spiro atoms. The molecule has 0 aliphatic carbocycles. The van der Waals surface area contributed by atoms with Gasteiger partial charge >= 0.3 is 0 Å². The molecule has 2 heterocycles. The number of thiazole rings is 1. The van der Waals surface area contributed by atoms with Gasteiger partial charge in [-0.05, 0) is 24.3 Å². The van der Waals surface area contributed by atoms with Crippen LogP contribution in [0.5, 0.6) is 0 Å². The van der Waals surface area contributed by atoms with Gasteiger partial charge in [0.25, 0.3) is 0 Å². The monoisotopic (exact) mass is 333 g/mol. The average Bonchev–Trinajstić information content (AvgIpc) is 3.11. The average molecular weight is 333 g/mol. The molecule has 7 heteroatoms. The Morgan fingerprint density at radius 2 is 2.13 bits per heavy atom. The number of methoxy groups -OCH3 is 1. The molecule has 23 heavy (non-hydrogen) atoms. The fourth-order valence-electron chi connectivity index (χ4n) is 2.39. The van der Waals surface area contributed by atoms with Gasteiger partial charge in [-0.25, -0.2) is 9.37 Å². The minimum atomic E-state index is -0.295. The van der Waals surface area contributed by atoms with E-state index < -0.39 is 0 Å². The van der Waals surface area contributed by atoms with Gasteiger partial charge < -0.3 is 14.7 Å². The van der Waals surface area contributed by atoms with Crippen LogP contribution in [0, 0.1) is 11.2 Å². The molecule has 0 amide bonds. The third-order valence-corrected chi connectivity index (χ3v) is 4.47. The zero-order chi connectivity index (χ0) is 16.4. The maximum Gasteiger partial charge on any atom is 0.135 e. The maximum absolute atomic E-state index is 13.0. The Labute approximate surface area is 137 Å².